The number of benzene rings is 1. The lowest BCUT2D eigenvalue weighted by atomic mass is 9.67. The van der Waals surface area contributed by atoms with Crippen LogP contribution in [0.15, 0.2) is 12.1 Å². The Morgan fingerprint density at radius 1 is 1.16 bits per heavy atom. The first kappa shape index (κ1) is 20.1. The van der Waals surface area contributed by atoms with E-state index >= 15 is 0 Å². The second-order valence-electron chi connectivity index (χ2n) is 7.79. The zero-order valence-corrected chi connectivity index (χ0v) is 16.3. The summed E-state index contributed by atoms with van der Waals surface area (Å²) >= 11 is 0. The summed E-state index contributed by atoms with van der Waals surface area (Å²) in [4.78, 5) is 12.4. The maximum atomic E-state index is 12.4. The molecule has 2 bridgehead atoms. The maximum Gasteiger partial charge on any atom is 0.258 e. The first-order valence-corrected chi connectivity index (χ1v) is 9.19. The Balaban J connectivity index is 0.00000225. The Morgan fingerprint density at radius 3 is 2.28 bits per heavy atom. The highest BCUT2D eigenvalue weighted by Crippen LogP contribution is 2.39. The van der Waals surface area contributed by atoms with Crippen molar-refractivity contribution in [2.24, 2.45) is 17.6 Å². The van der Waals surface area contributed by atoms with Crippen molar-refractivity contribution in [3.05, 3.63) is 28.8 Å². The summed E-state index contributed by atoms with van der Waals surface area (Å²) in [5.74, 6) is 1.91. The monoisotopic (exact) mass is 366 g/mol. The molecule has 0 aromatic heterocycles. The molecule has 0 spiro atoms. The van der Waals surface area contributed by atoms with E-state index in [1.165, 1.54) is 24.8 Å². The molecule has 1 amide bonds. The molecule has 2 saturated carbocycles. The predicted octanol–water partition coefficient (Wildman–Crippen LogP) is 3.43. The Kier molecular flexibility index (Phi) is 6.75. The third kappa shape index (κ3) is 4.68. The zero-order valence-electron chi connectivity index (χ0n) is 15.5. The van der Waals surface area contributed by atoms with Crippen LogP contribution in [-0.4, -0.2) is 24.6 Å². The van der Waals surface area contributed by atoms with Crippen LogP contribution >= 0.6 is 12.4 Å². The molecule has 0 heterocycles. The van der Waals surface area contributed by atoms with Gasteiger partial charge in [-0.2, -0.15) is 0 Å². The molecule has 3 rings (SSSR count). The zero-order chi connectivity index (χ0) is 17.3. The van der Waals surface area contributed by atoms with Crippen LogP contribution in [0.25, 0.3) is 0 Å². The molecule has 2 aliphatic carbocycles. The van der Waals surface area contributed by atoms with E-state index in [1.54, 1.807) is 0 Å². The van der Waals surface area contributed by atoms with Gasteiger partial charge in [0.05, 0.1) is 0 Å². The fourth-order valence-electron chi connectivity index (χ4n) is 4.78. The Hall–Kier alpha value is -1.26. The van der Waals surface area contributed by atoms with Gasteiger partial charge < -0.3 is 15.8 Å². The van der Waals surface area contributed by atoms with Gasteiger partial charge in [0.25, 0.3) is 5.91 Å². The van der Waals surface area contributed by atoms with Crippen LogP contribution in [0.1, 0.15) is 48.8 Å². The minimum absolute atomic E-state index is 0. The molecule has 1 aromatic carbocycles. The van der Waals surface area contributed by atoms with E-state index in [0.29, 0.717) is 17.9 Å². The number of ether oxygens (including phenoxy) is 1. The van der Waals surface area contributed by atoms with E-state index in [1.807, 2.05) is 13.8 Å². The van der Waals surface area contributed by atoms with E-state index in [0.717, 1.165) is 29.7 Å². The van der Waals surface area contributed by atoms with Gasteiger partial charge in [-0.1, -0.05) is 24.1 Å². The van der Waals surface area contributed by atoms with Crippen LogP contribution in [0.2, 0.25) is 0 Å². The third-order valence-electron chi connectivity index (χ3n) is 5.66. The summed E-state index contributed by atoms with van der Waals surface area (Å²) in [5.41, 5.74) is 9.54. The standard InChI is InChI=1S/C20H30N2O2.ClH/c1-12-7-13(2)20(14(3)8-12)24-11-18(23)22-19-15-5-4-6-16(19)10-17(21)9-15;/h7-8,15-17,19H,4-6,9-11,21H2,1-3H3,(H,22,23);1H. The lowest BCUT2D eigenvalue weighted by Gasteiger charge is -2.45. The summed E-state index contributed by atoms with van der Waals surface area (Å²) < 4.78 is 5.83. The van der Waals surface area contributed by atoms with Crippen molar-refractivity contribution in [1.82, 2.24) is 5.32 Å². The fourth-order valence-corrected chi connectivity index (χ4v) is 4.78. The molecule has 4 nitrogen and oxygen atoms in total. The van der Waals surface area contributed by atoms with Gasteiger partial charge in [0.15, 0.2) is 6.61 Å². The van der Waals surface area contributed by atoms with Crippen LogP contribution in [0, 0.1) is 32.6 Å². The average Bonchev–Trinajstić information content (AvgIpc) is 2.47. The molecule has 0 radical (unpaired) electrons. The molecule has 0 aliphatic heterocycles. The van der Waals surface area contributed by atoms with Crippen molar-refractivity contribution in [3.8, 4) is 5.75 Å². The highest BCUT2D eigenvalue weighted by Gasteiger charge is 2.39. The smallest absolute Gasteiger partial charge is 0.258 e. The lowest BCUT2D eigenvalue weighted by molar-refractivity contribution is -0.125. The molecule has 2 atom stereocenters. The van der Waals surface area contributed by atoms with Gasteiger partial charge in [-0.25, -0.2) is 0 Å². The van der Waals surface area contributed by atoms with Crippen LogP contribution in [0.4, 0.5) is 0 Å². The number of hydrogen-bond acceptors (Lipinski definition) is 3. The van der Waals surface area contributed by atoms with Gasteiger partial charge in [-0.3, -0.25) is 4.79 Å². The van der Waals surface area contributed by atoms with Gasteiger partial charge in [0.1, 0.15) is 5.75 Å². The van der Waals surface area contributed by atoms with E-state index in [2.05, 4.69) is 24.4 Å². The molecule has 5 heteroatoms. The number of nitrogens with one attached hydrogen (secondary N) is 1. The van der Waals surface area contributed by atoms with Crippen molar-refractivity contribution in [1.29, 1.82) is 0 Å². The summed E-state index contributed by atoms with van der Waals surface area (Å²) in [5, 5.41) is 3.24. The van der Waals surface area contributed by atoms with Crippen LogP contribution in [0.5, 0.6) is 5.75 Å². The summed E-state index contributed by atoms with van der Waals surface area (Å²) in [6.45, 7) is 6.22. The lowest BCUT2D eigenvalue weighted by Crippen LogP contribution is -2.54. The molecular formula is C20H31ClN2O2. The molecule has 25 heavy (non-hydrogen) atoms. The molecule has 2 aliphatic rings. The van der Waals surface area contributed by atoms with Crippen molar-refractivity contribution in [2.45, 2.75) is 65.0 Å². The van der Waals surface area contributed by atoms with Gasteiger partial charge in [-0.15, -0.1) is 12.4 Å². The van der Waals surface area contributed by atoms with E-state index in [-0.39, 0.29) is 31.0 Å². The number of rotatable bonds is 4. The maximum absolute atomic E-state index is 12.4. The van der Waals surface area contributed by atoms with Crippen molar-refractivity contribution >= 4 is 18.3 Å². The number of carbonyl (C=O) groups is 1. The van der Waals surface area contributed by atoms with Gasteiger partial charge in [0.2, 0.25) is 0 Å². The molecule has 2 unspecified atom stereocenters. The molecule has 2 fully saturated rings. The second kappa shape index (κ2) is 8.41. The number of nitrogens with two attached hydrogens (primary N) is 1. The molecule has 140 valence electrons. The Morgan fingerprint density at radius 2 is 1.72 bits per heavy atom. The number of fused-ring (bicyclic) bond motifs is 2. The Bertz CT molecular complexity index is 583. The molecular weight excluding hydrogens is 336 g/mol. The number of hydrogen-bond donors (Lipinski definition) is 2. The third-order valence-corrected chi connectivity index (χ3v) is 5.66. The van der Waals surface area contributed by atoms with Gasteiger partial charge >= 0.3 is 0 Å². The second-order valence-corrected chi connectivity index (χ2v) is 7.79. The van der Waals surface area contributed by atoms with Crippen molar-refractivity contribution in [2.75, 3.05) is 6.61 Å². The van der Waals surface area contributed by atoms with Gasteiger partial charge in [0, 0.05) is 12.1 Å². The first-order chi connectivity index (χ1) is 11.4. The van der Waals surface area contributed by atoms with Crippen molar-refractivity contribution < 1.29 is 9.53 Å². The highest BCUT2D eigenvalue weighted by molar-refractivity contribution is 5.85. The van der Waals surface area contributed by atoms with E-state index in [9.17, 15) is 4.79 Å². The van der Waals surface area contributed by atoms with Crippen molar-refractivity contribution in [3.63, 3.8) is 0 Å². The average molecular weight is 367 g/mol. The number of carbonyl (C=O) groups excluding carboxylic acids is 1. The van der Waals surface area contributed by atoms with Crippen LogP contribution < -0.4 is 15.8 Å². The largest absolute Gasteiger partial charge is 0.483 e. The fraction of sp³-hybridized carbons (Fsp3) is 0.650. The van der Waals surface area contributed by atoms with Crippen LogP contribution in [-0.2, 0) is 4.79 Å². The minimum Gasteiger partial charge on any atom is -0.483 e. The van der Waals surface area contributed by atoms with E-state index in [4.69, 9.17) is 10.5 Å². The summed E-state index contributed by atoms with van der Waals surface area (Å²) in [6, 6.07) is 4.78. The van der Waals surface area contributed by atoms with Gasteiger partial charge in [-0.05, 0) is 69.4 Å². The summed E-state index contributed by atoms with van der Waals surface area (Å²) in [7, 11) is 0. The first-order valence-electron chi connectivity index (χ1n) is 9.19. The molecule has 1 aromatic rings. The SMILES string of the molecule is Cc1cc(C)c(OCC(=O)NC2C3CCCC2CC(N)C3)c(C)c1.Cl. The quantitative estimate of drug-likeness (QED) is 0.857. The number of amides is 1. The van der Waals surface area contributed by atoms with Crippen LogP contribution in [0.3, 0.4) is 0 Å². The summed E-state index contributed by atoms with van der Waals surface area (Å²) in [6.07, 6.45) is 5.72. The Labute approximate surface area is 157 Å². The number of aryl methyl sites for hydroxylation is 3. The normalized spacial score (nSPS) is 28.0. The topological polar surface area (TPSA) is 64.3 Å². The highest BCUT2D eigenvalue weighted by atomic mass is 35.5. The number of halogens is 1. The minimum atomic E-state index is -0.00764. The molecule has 3 N–H and O–H groups in total. The molecule has 0 saturated heterocycles. The van der Waals surface area contributed by atoms with E-state index < -0.39 is 0 Å². The predicted molar refractivity (Wildman–Crippen MR) is 103 cm³/mol.